The van der Waals surface area contributed by atoms with Gasteiger partial charge in [0.25, 0.3) is 0 Å². The van der Waals surface area contributed by atoms with E-state index in [0.717, 1.165) is 44.9 Å². The molecule has 1 unspecified atom stereocenters. The van der Waals surface area contributed by atoms with Crippen LogP contribution in [-0.2, 0) is 24.8 Å². The Kier molecular flexibility index (Phi) is 4.36. The van der Waals surface area contributed by atoms with Crippen LogP contribution in [-0.4, -0.2) is 40.8 Å². The molecule has 0 amide bonds. The SMILES string of the molecule is Cn1cncc1CN1CCOCC(Cc2cccc3occc23)C1. The first-order valence-electron chi connectivity index (χ1n) is 8.50. The summed E-state index contributed by atoms with van der Waals surface area (Å²) in [7, 11) is 2.05. The van der Waals surface area contributed by atoms with Crippen LogP contribution in [0, 0.1) is 5.92 Å². The van der Waals surface area contributed by atoms with Gasteiger partial charge in [-0.3, -0.25) is 4.90 Å². The van der Waals surface area contributed by atoms with Crippen molar-refractivity contribution < 1.29 is 9.15 Å². The molecule has 24 heavy (non-hydrogen) atoms. The Hall–Kier alpha value is -2.11. The van der Waals surface area contributed by atoms with Crippen LogP contribution in [0.1, 0.15) is 11.3 Å². The molecule has 1 atom stereocenters. The van der Waals surface area contributed by atoms with Crippen LogP contribution in [0.3, 0.4) is 0 Å². The number of aryl methyl sites for hydroxylation is 1. The van der Waals surface area contributed by atoms with Crippen molar-refractivity contribution in [3.63, 3.8) is 0 Å². The van der Waals surface area contributed by atoms with Crippen LogP contribution in [0.4, 0.5) is 0 Å². The number of fused-ring (bicyclic) bond motifs is 1. The third-order valence-corrected chi connectivity index (χ3v) is 4.82. The number of imidazole rings is 1. The molecule has 0 radical (unpaired) electrons. The van der Waals surface area contributed by atoms with E-state index in [4.69, 9.17) is 9.15 Å². The van der Waals surface area contributed by atoms with Crippen molar-refractivity contribution in [2.75, 3.05) is 26.3 Å². The van der Waals surface area contributed by atoms with Gasteiger partial charge in [-0.05, 0) is 30.0 Å². The van der Waals surface area contributed by atoms with Gasteiger partial charge in [0.2, 0.25) is 0 Å². The molecule has 3 aromatic rings. The van der Waals surface area contributed by atoms with Crippen molar-refractivity contribution in [2.24, 2.45) is 13.0 Å². The summed E-state index contributed by atoms with van der Waals surface area (Å²) in [5.41, 5.74) is 3.55. The molecular formula is C19H23N3O2. The number of rotatable bonds is 4. The zero-order valence-electron chi connectivity index (χ0n) is 14.0. The Morgan fingerprint density at radius 3 is 3.12 bits per heavy atom. The number of benzene rings is 1. The van der Waals surface area contributed by atoms with Gasteiger partial charge in [-0.2, -0.15) is 0 Å². The minimum absolute atomic E-state index is 0.487. The molecule has 5 heteroatoms. The zero-order valence-corrected chi connectivity index (χ0v) is 14.0. The van der Waals surface area contributed by atoms with Crippen LogP contribution in [0.5, 0.6) is 0 Å². The lowest BCUT2D eigenvalue weighted by atomic mass is 9.97. The van der Waals surface area contributed by atoms with E-state index in [1.807, 2.05) is 25.6 Å². The van der Waals surface area contributed by atoms with Crippen LogP contribution >= 0.6 is 0 Å². The first kappa shape index (κ1) is 15.4. The smallest absolute Gasteiger partial charge is 0.134 e. The molecule has 3 heterocycles. The van der Waals surface area contributed by atoms with Gasteiger partial charge in [-0.15, -0.1) is 0 Å². The Bertz CT molecular complexity index is 808. The molecular weight excluding hydrogens is 302 g/mol. The van der Waals surface area contributed by atoms with Crippen molar-refractivity contribution in [3.05, 3.63) is 54.3 Å². The third kappa shape index (κ3) is 3.23. The maximum atomic E-state index is 5.86. The molecule has 0 bridgehead atoms. The summed E-state index contributed by atoms with van der Waals surface area (Å²) in [5.74, 6) is 0.487. The lowest BCUT2D eigenvalue weighted by molar-refractivity contribution is 0.122. The minimum atomic E-state index is 0.487. The van der Waals surface area contributed by atoms with E-state index in [2.05, 4.69) is 32.7 Å². The number of hydrogen-bond acceptors (Lipinski definition) is 4. The van der Waals surface area contributed by atoms with Gasteiger partial charge >= 0.3 is 0 Å². The fourth-order valence-electron chi connectivity index (χ4n) is 3.53. The first-order chi connectivity index (χ1) is 11.8. The number of nitrogens with zero attached hydrogens (tertiary/aromatic N) is 3. The van der Waals surface area contributed by atoms with E-state index < -0.39 is 0 Å². The molecule has 126 valence electrons. The first-order valence-corrected chi connectivity index (χ1v) is 8.50. The number of ether oxygens (including phenoxy) is 1. The Morgan fingerprint density at radius 2 is 2.25 bits per heavy atom. The number of hydrogen-bond donors (Lipinski definition) is 0. The van der Waals surface area contributed by atoms with E-state index in [9.17, 15) is 0 Å². The summed E-state index contributed by atoms with van der Waals surface area (Å²) >= 11 is 0. The molecule has 4 rings (SSSR count). The second-order valence-electron chi connectivity index (χ2n) is 6.63. The van der Waals surface area contributed by atoms with Crippen molar-refractivity contribution in [2.45, 2.75) is 13.0 Å². The number of furan rings is 1. The summed E-state index contributed by atoms with van der Waals surface area (Å²) in [5, 5.41) is 1.22. The molecule has 1 aliphatic rings. The van der Waals surface area contributed by atoms with Crippen LogP contribution in [0.15, 0.2) is 47.5 Å². The van der Waals surface area contributed by atoms with E-state index in [0.29, 0.717) is 5.92 Å². The molecule has 1 saturated heterocycles. The van der Waals surface area contributed by atoms with Crippen molar-refractivity contribution in [3.8, 4) is 0 Å². The van der Waals surface area contributed by atoms with E-state index in [1.54, 1.807) is 6.26 Å². The summed E-state index contributed by atoms with van der Waals surface area (Å²) < 4.78 is 13.5. The molecule has 1 aromatic carbocycles. The Morgan fingerprint density at radius 1 is 1.29 bits per heavy atom. The molecule has 5 nitrogen and oxygen atoms in total. The summed E-state index contributed by atoms with van der Waals surface area (Å²) in [6, 6.07) is 8.37. The second kappa shape index (κ2) is 6.79. The molecule has 0 N–H and O–H groups in total. The maximum Gasteiger partial charge on any atom is 0.134 e. The average molecular weight is 325 g/mol. The van der Waals surface area contributed by atoms with E-state index in [1.165, 1.54) is 16.6 Å². The largest absolute Gasteiger partial charge is 0.464 e. The van der Waals surface area contributed by atoms with Crippen LogP contribution in [0.25, 0.3) is 11.0 Å². The fourth-order valence-corrected chi connectivity index (χ4v) is 3.53. The molecule has 0 saturated carbocycles. The molecule has 1 aliphatic heterocycles. The molecule has 1 fully saturated rings. The zero-order chi connectivity index (χ0) is 16.4. The normalized spacial score (nSPS) is 19.6. The summed E-state index contributed by atoms with van der Waals surface area (Å²) in [6.45, 7) is 4.55. The third-order valence-electron chi connectivity index (χ3n) is 4.82. The predicted octanol–water partition coefficient (Wildman–Crippen LogP) is 2.86. The van der Waals surface area contributed by atoms with Crippen molar-refractivity contribution in [1.29, 1.82) is 0 Å². The quantitative estimate of drug-likeness (QED) is 0.740. The molecule has 0 spiro atoms. The fraction of sp³-hybridized carbons (Fsp3) is 0.421. The monoisotopic (exact) mass is 325 g/mol. The van der Waals surface area contributed by atoms with Crippen molar-refractivity contribution >= 4 is 11.0 Å². The molecule has 0 aliphatic carbocycles. The Labute approximate surface area is 141 Å². The average Bonchev–Trinajstić information content (AvgIpc) is 3.15. The highest BCUT2D eigenvalue weighted by molar-refractivity contribution is 5.80. The van der Waals surface area contributed by atoms with Gasteiger partial charge in [0.1, 0.15) is 5.58 Å². The minimum Gasteiger partial charge on any atom is -0.464 e. The standard InChI is InChI=1S/C19H23N3O2/c1-21-14-20-10-17(21)12-22-6-8-23-13-15(11-22)9-16-3-2-4-19-18(16)5-7-24-19/h2-5,7,10,14-15H,6,8-9,11-13H2,1H3. The van der Waals surface area contributed by atoms with Gasteiger partial charge in [-0.1, -0.05) is 12.1 Å². The lowest BCUT2D eigenvalue weighted by Gasteiger charge is -2.23. The summed E-state index contributed by atoms with van der Waals surface area (Å²) in [4.78, 5) is 6.70. The topological polar surface area (TPSA) is 43.4 Å². The van der Waals surface area contributed by atoms with Gasteiger partial charge in [-0.25, -0.2) is 4.98 Å². The van der Waals surface area contributed by atoms with Gasteiger partial charge in [0.05, 0.1) is 31.5 Å². The number of aromatic nitrogens is 2. The maximum absolute atomic E-state index is 5.86. The van der Waals surface area contributed by atoms with E-state index in [-0.39, 0.29) is 0 Å². The van der Waals surface area contributed by atoms with Crippen LogP contribution < -0.4 is 0 Å². The second-order valence-corrected chi connectivity index (χ2v) is 6.63. The van der Waals surface area contributed by atoms with Gasteiger partial charge < -0.3 is 13.7 Å². The van der Waals surface area contributed by atoms with Crippen molar-refractivity contribution in [1.82, 2.24) is 14.5 Å². The van der Waals surface area contributed by atoms with Crippen LogP contribution in [0.2, 0.25) is 0 Å². The van der Waals surface area contributed by atoms with Gasteiger partial charge in [0.15, 0.2) is 0 Å². The molecule has 2 aromatic heterocycles. The highest BCUT2D eigenvalue weighted by Crippen LogP contribution is 2.24. The Balaban J connectivity index is 1.48. The highest BCUT2D eigenvalue weighted by Gasteiger charge is 2.21. The highest BCUT2D eigenvalue weighted by atomic mass is 16.5. The lowest BCUT2D eigenvalue weighted by Crippen LogP contribution is -2.31. The van der Waals surface area contributed by atoms with E-state index >= 15 is 0 Å². The summed E-state index contributed by atoms with van der Waals surface area (Å²) in [6.07, 6.45) is 6.60. The van der Waals surface area contributed by atoms with Gasteiger partial charge in [0, 0.05) is 38.3 Å². The predicted molar refractivity (Wildman–Crippen MR) is 92.7 cm³/mol.